The van der Waals surface area contributed by atoms with Crippen molar-refractivity contribution < 1.29 is 13.9 Å². The van der Waals surface area contributed by atoms with Gasteiger partial charge in [-0.3, -0.25) is 0 Å². The van der Waals surface area contributed by atoms with Gasteiger partial charge in [-0.25, -0.2) is 9.18 Å². The molecule has 0 N–H and O–H groups in total. The molecule has 0 saturated heterocycles. The number of carbonyl (C=O) groups excluding carboxylic acids is 1. The summed E-state index contributed by atoms with van der Waals surface area (Å²) in [7, 11) is 0. The van der Waals surface area contributed by atoms with Crippen molar-refractivity contribution in [3.63, 3.8) is 0 Å². The summed E-state index contributed by atoms with van der Waals surface area (Å²) < 4.78 is 18.3. The Labute approximate surface area is 114 Å². The quantitative estimate of drug-likeness (QED) is 0.391. The summed E-state index contributed by atoms with van der Waals surface area (Å²) in [6.07, 6.45) is 5.27. The fraction of sp³-hybridized carbons (Fsp3) is 0.438. The van der Waals surface area contributed by atoms with Crippen molar-refractivity contribution in [1.29, 1.82) is 0 Å². The Bertz CT molecular complexity index is 398. The van der Waals surface area contributed by atoms with Crippen LogP contribution in [0, 0.1) is 0 Å². The molecule has 0 saturated carbocycles. The van der Waals surface area contributed by atoms with Crippen LogP contribution >= 0.6 is 0 Å². The number of ether oxygens (including phenoxy) is 1. The summed E-state index contributed by atoms with van der Waals surface area (Å²) in [6.45, 7) is 2.28. The van der Waals surface area contributed by atoms with Gasteiger partial charge in [0.15, 0.2) is 0 Å². The first-order valence-electron chi connectivity index (χ1n) is 6.79. The Morgan fingerprint density at radius 3 is 2.63 bits per heavy atom. The lowest BCUT2D eigenvalue weighted by Gasteiger charge is -2.02. The van der Waals surface area contributed by atoms with E-state index in [2.05, 4.69) is 6.92 Å². The third kappa shape index (κ3) is 7.39. The van der Waals surface area contributed by atoms with Gasteiger partial charge in [0.2, 0.25) is 0 Å². The molecule has 0 heterocycles. The lowest BCUT2D eigenvalue weighted by Crippen LogP contribution is -2.01. The Morgan fingerprint density at radius 1 is 1.21 bits per heavy atom. The Balaban J connectivity index is 2.25. The zero-order valence-corrected chi connectivity index (χ0v) is 11.4. The van der Waals surface area contributed by atoms with Crippen LogP contribution in [0.5, 0.6) is 0 Å². The Hall–Kier alpha value is -1.64. The molecule has 0 bridgehead atoms. The van der Waals surface area contributed by atoms with Gasteiger partial charge in [-0.05, 0) is 18.4 Å². The van der Waals surface area contributed by atoms with Gasteiger partial charge >= 0.3 is 5.97 Å². The maximum Gasteiger partial charge on any atom is 0.333 e. The predicted octanol–water partition coefficient (Wildman–Crippen LogP) is 4.55. The van der Waals surface area contributed by atoms with Gasteiger partial charge in [0, 0.05) is 0 Å². The minimum absolute atomic E-state index is 0.180. The molecule has 3 heteroatoms. The molecule has 0 aliphatic heterocycles. The van der Waals surface area contributed by atoms with E-state index in [1.807, 2.05) is 30.3 Å². The number of halogens is 1. The molecule has 0 aromatic heterocycles. The summed E-state index contributed by atoms with van der Waals surface area (Å²) in [5.74, 6) is -1.01. The van der Waals surface area contributed by atoms with Crippen LogP contribution in [-0.4, -0.2) is 5.97 Å². The minimum atomic E-state index is -0.614. The molecule has 0 atom stereocenters. The predicted molar refractivity (Wildman–Crippen MR) is 74.2 cm³/mol. The standard InChI is InChI=1S/C16H21FO2/c1-2-3-4-8-11-15(17)12-16(18)19-13-14-9-6-5-7-10-14/h5-7,9-10,12H,2-4,8,11,13H2,1H3. The van der Waals surface area contributed by atoms with Gasteiger partial charge in [0.1, 0.15) is 12.4 Å². The van der Waals surface area contributed by atoms with Crippen molar-refractivity contribution in [2.45, 2.75) is 45.6 Å². The van der Waals surface area contributed by atoms with Crippen LogP contribution in [0.3, 0.4) is 0 Å². The lowest BCUT2D eigenvalue weighted by molar-refractivity contribution is -0.139. The molecule has 1 aromatic rings. The molecule has 0 spiro atoms. The van der Waals surface area contributed by atoms with Crippen molar-refractivity contribution in [2.24, 2.45) is 0 Å². The molecule has 0 amide bonds. The van der Waals surface area contributed by atoms with E-state index in [9.17, 15) is 9.18 Å². The molecule has 0 radical (unpaired) electrons. The molecule has 1 rings (SSSR count). The first-order valence-corrected chi connectivity index (χ1v) is 6.79. The Kier molecular flexibility index (Phi) is 7.56. The van der Waals surface area contributed by atoms with E-state index in [-0.39, 0.29) is 6.61 Å². The number of allylic oxidation sites excluding steroid dienone is 1. The zero-order chi connectivity index (χ0) is 13.9. The number of benzene rings is 1. The monoisotopic (exact) mass is 264 g/mol. The second-order valence-corrected chi connectivity index (χ2v) is 4.50. The zero-order valence-electron chi connectivity index (χ0n) is 11.4. The van der Waals surface area contributed by atoms with E-state index in [0.717, 1.165) is 37.3 Å². The number of esters is 1. The average Bonchev–Trinajstić information content (AvgIpc) is 2.42. The number of carbonyl (C=O) groups is 1. The maximum absolute atomic E-state index is 13.4. The van der Waals surface area contributed by atoms with Crippen molar-refractivity contribution in [3.05, 3.63) is 47.8 Å². The van der Waals surface area contributed by atoms with Crippen LogP contribution in [0.2, 0.25) is 0 Å². The van der Waals surface area contributed by atoms with E-state index in [1.165, 1.54) is 0 Å². The smallest absolute Gasteiger partial charge is 0.333 e. The molecule has 0 fully saturated rings. The topological polar surface area (TPSA) is 26.3 Å². The first kappa shape index (κ1) is 15.4. The third-order valence-electron chi connectivity index (χ3n) is 2.77. The van der Waals surface area contributed by atoms with Crippen molar-refractivity contribution in [2.75, 3.05) is 0 Å². The van der Waals surface area contributed by atoms with Crippen LogP contribution in [-0.2, 0) is 16.1 Å². The normalized spacial score (nSPS) is 11.4. The van der Waals surface area contributed by atoms with Gasteiger partial charge in [-0.2, -0.15) is 0 Å². The van der Waals surface area contributed by atoms with Crippen LogP contribution < -0.4 is 0 Å². The summed E-state index contributed by atoms with van der Waals surface area (Å²) >= 11 is 0. The van der Waals surface area contributed by atoms with Gasteiger partial charge in [-0.15, -0.1) is 0 Å². The van der Waals surface area contributed by atoms with E-state index < -0.39 is 11.8 Å². The second-order valence-electron chi connectivity index (χ2n) is 4.50. The van der Waals surface area contributed by atoms with E-state index in [1.54, 1.807) is 0 Å². The van der Waals surface area contributed by atoms with Crippen molar-refractivity contribution in [3.8, 4) is 0 Å². The highest BCUT2D eigenvalue weighted by Crippen LogP contribution is 2.11. The summed E-state index contributed by atoms with van der Waals surface area (Å²) in [5.41, 5.74) is 0.896. The number of rotatable bonds is 8. The van der Waals surface area contributed by atoms with Gasteiger partial charge in [-0.1, -0.05) is 56.5 Å². The number of hydrogen-bond acceptors (Lipinski definition) is 2. The van der Waals surface area contributed by atoms with Gasteiger partial charge in [0.25, 0.3) is 0 Å². The molecule has 1 aromatic carbocycles. The molecule has 19 heavy (non-hydrogen) atoms. The highest BCUT2D eigenvalue weighted by Gasteiger charge is 2.03. The van der Waals surface area contributed by atoms with E-state index in [4.69, 9.17) is 4.74 Å². The number of hydrogen-bond donors (Lipinski definition) is 0. The molecule has 104 valence electrons. The van der Waals surface area contributed by atoms with Gasteiger partial charge in [0.05, 0.1) is 6.08 Å². The maximum atomic E-state index is 13.4. The minimum Gasteiger partial charge on any atom is -0.458 e. The fourth-order valence-electron chi connectivity index (χ4n) is 1.69. The lowest BCUT2D eigenvalue weighted by atomic mass is 10.1. The number of unbranched alkanes of at least 4 members (excludes halogenated alkanes) is 3. The average molecular weight is 264 g/mol. The molecule has 0 aliphatic rings. The summed E-state index contributed by atoms with van der Waals surface area (Å²) in [5, 5.41) is 0. The van der Waals surface area contributed by atoms with E-state index in [0.29, 0.717) is 6.42 Å². The van der Waals surface area contributed by atoms with E-state index >= 15 is 0 Å². The molecular weight excluding hydrogens is 243 g/mol. The third-order valence-corrected chi connectivity index (χ3v) is 2.77. The molecule has 0 unspecified atom stereocenters. The SMILES string of the molecule is CCCCCCC(F)=CC(=O)OCc1ccccc1. The molecular formula is C16H21FO2. The first-order chi connectivity index (χ1) is 9.22. The second kappa shape index (κ2) is 9.31. The van der Waals surface area contributed by atoms with Crippen molar-refractivity contribution in [1.82, 2.24) is 0 Å². The highest BCUT2D eigenvalue weighted by molar-refractivity contribution is 5.82. The summed E-state index contributed by atoms with van der Waals surface area (Å²) in [6, 6.07) is 9.35. The highest BCUT2D eigenvalue weighted by atomic mass is 19.1. The largest absolute Gasteiger partial charge is 0.458 e. The van der Waals surface area contributed by atoms with Crippen LogP contribution in [0.1, 0.15) is 44.6 Å². The summed E-state index contributed by atoms with van der Waals surface area (Å²) in [4.78, 5) is 11.4. The van der Waals surface area contributed by atoms with Crippen LogP contribution in [0.4, 0.5) is 4.39 Å². The fourth-order valence-corrected chi connectivity index (χ4v) is 1.69. The molecule has 0 aliphatic carbocycles. The van der Waals surface area contributed by atoms with Gasteiger partial charge < -0.3 is 4.74 Å². The van der Waals surface area contributed by atoms with Crippen molar-refractivity contribution >= 4 is 5.97 Å². The van der Waals surface area contributed by atoms with Crippen LogP contribution in [0.25, 0.3) is 0 Å². The van der Waals surface area contributed by atoms with Crippen LogP contribution in [0.15, 0.2) is 42.2 Å². The molecule has 2 nitrogen and oxygen atoms in total. The Morgan fingerprint density at radius 2 is 1.95 bits per heavy atom.